The van der Waals surface area contributed by atoms with Gasteiger partial charge >= 0.3 is 0 Å². The second-order valence-electron chi connectivity index (χ2n) is 6.78. The van der Waals surface area contributed by atoms with Gasteiger partial charge in [0.25, 0.3) is 0 Å². The molecule has 1 N–H and O–H groups in total. The van der Waals surface area contributed by atoms with E-state index in [1.54, 1.807) is 12.4 Å². The van der Waals surface area contributed by atoms with E-state index in [0.29, 0.717) is 31.1 Å². The zero-order valence-electron chi connectivity index (χ0n) is 15.3. The molecule has 0 aliphatic carbocycles. The Morgan fingerprint density at radius 3 is 2.77 bits per heavy atom. The van der Waals surface area contributed by atoms with Crippen LogP contribution in [-0.2, 0) is 22.5 Å². The molecule has 140 valence electrons. The van der Waals surface area contributed by atoms with Crippen molar-refractivity contribution in [2.45, 2.75) is 64.5 Å². The maximum atomic E-state index is 12.0. The fraction of sp³-hybridized carbons (Fsp3) is 0.611. The molecule has 3 heterocycles. The molecule has 26 heavy (non-hydrogen) atoms. The lowest BCUT2D eigenvalue weighted by atomic mass is 10.1. The summed E-state index contributed by atoms with van der Waals surface area (Å²) in [4.78, 5) is 25.0. The quantitative estimate of drug-likeness (QED) is 0.810. The van der Waals surface area contributed by atoms with Gasteiger partial charge in [0.15, 0.2) is 11.6 Å². The molecule has 2 aromatic rings. The molecule has 0 spiro atoms. The van der Waals surface area contributed by atoms with Gasteiger partial charge in [-0.25, -0.2) is 9.97 Å². The first-order valence-electron chi connectivity index (χ1n) is 9.13. The molecule has 8 nitrogen and oxygen atoms in total. The molecular weight excluding hydrogens is 334 g/mol. The zero-order valence-corrected chi connectivity index (χ0v) is 15.3. The molecule has 1 aliphatic heterocycles. The van der Waals surface area contributed by atoms with E-state index in [9.17, 15) is 4.79 Å². The third kappa shape index (κ3) is 5.08. The number of aryl methyl sites for hydroxylation is 1. The Hall–Kier alpha value is -2.35. The third-order valence-electron chi connectivity index (χ3n) is 4.25. The molecular formula is C18H25N5O3. The van der Waals surface area contributed by atoms with E-state index in [2.05, 4.69) is 25.4 Å². The van der Waals surface area contributed by atoms with Crippen molar-refractivity contribution in [1.82, 2.24) is 25.4 Å². The Bertz CT molecular complexity index is 708. The molecule has 1 saturated heterocycles. The summed E-state index contributed by atoms with van der Waals surface area (Å²) in [6, 6.07) is 0. The monoisotopic (exact) mass is 359 g/mol. The van der Waals surface area contributed by atoms with Crippen LogP contribution in [0.25, 0.3) is 0 Å². The maximum absolute atomic E-state index is 12.0. The first-order chi connectivity index (χ1) is 12.6. The van der Waals surface area contributed by atoms with E-state index >= 15 is 0 Å². The van der Waals surface area contributed by atoms with E-state index in [4.69, 9.17) is 9.26 Å². The van der Waals surface area contributed by atoms with Gasteiger partial charge in [0.05, 0.1) is 0 Å². The van der Waals surface area contributed by atoms with Crippen LogP contribution >= 0.6 is 0 Å². The number of nitrogens with zero attached hydrogens (tertiary/aromatic N) is 4. The fourth-order valence-corrected chi connectivity index (χ4v) is 2.68. The highest BCUT2D eigenvalue weighted by Crippen LogP contribution is 2.24. The van der Waals surface area contributed by atoms with Crippen molar-refractivity contribution in [2.24, 2.45) is 0 Å². The van der Waals surface area contributed by atoms with Crippen LogP contribution in [0.1, 0.15) is 74.7 Å². The predicted octanol–water partition coefficient (Wildman–Crippen LogP) is 2.47. The first-order valence-corrected chi connectivity index (χ1v) is 9.13. The van der Waals surface area contributed by atoms with Crippen molar-refractivity contribution in [3.05, 3.63) is 35.5 Å². The maximum Gasteiger partial charge on any atom is 0.227 e. The van der Waals surface area contributed by atoms with Crippen molar-refractivity contribution >= 4 is 5.91 Å². The minimum absolute atomic E-state index is 0.00229. The number of hydrogen-bond donors (Lipinski definition) is 1. The summed E-state index contributed by atoms with van der Waals surface area (Å²) in [5, 5.41) is 6.75. The van der Waals surface area contributed by atoms with Crippen LogP contribution in [0.15, 0.2) is 16.9 Å². The van der Waals surface area contributed by atoms with Gasteiger partial charge in [0.2, 0.25) is 11.8 Å². The van der Waals surface area contributed by atoms with Crippen molar-refractivity contribution in [2.75, 3.05) is 6.61 Å². The lowest BCUT2D eigenvalue weighted by Gasteiger charge is -2.21. The van der Waals surface area contributed by atoms with Gasteiger partial charge in [-0.3, -0.25) is 4.79 Å². The number of carbonyl (C=O) groups is 1. The van der Waals surface area contributed by atoms with Gasteiger partial charge in [-0.05, 0) is 19.3 Å². The molecule has 3 rings (SSSR count). The average Bonchev–Trinajstić information content (AvgIpc) is 3.15. The SMILES string of the molecule is CC(C)c1noc(CCC(=O)NCc2cnc([C@@H]3CCCCO3)nc2)n1. The average molecular weight is 359 g/mol. The molecule has 0 saturated carbocycles. The van der Waals surface area contributed by atoms with E-state index in [1.165, 1.54) is 0 Å². The second-order valence-corrected chi connectivity index (χ2v) is 6.78. The molecule has 1 atom stereocenters. The van der Waals surface area contributed by atoms with E-state index in [-0.39, 0.29) is 17.9 Å². The number of ether oxygens (including phenoxy) is 1. The highest BCUT2D eigenvalue weighted by molar-refractivity contribution is 5.75. The van der Waals surface area contributed by atoms with Crippen LogP contribution in [0.4, 0.5) is 0 Å². The predicted molar refractivity (Wildman–Crippen MR) is 93.1 cm³/mol. The van der Waals surface area contributed by atoms with Gasteiger partial charge in [0.1, 0.15) is 6.10 Å². The molecule has 0 radical (unpaired) electrons. The Morgan fingerprint density at radius 2 is 2.12 bits per heavy atom. The van der Waals surface area contributed by atoms with Gasteiger partial charge < -0.3 is 14.6 Å². The number of rotatable bonds is 7. The smallest absolute Gasteiger partial charge is 0.227 e. The number of hydrogen-bond acceptors (Lipinski definition) is 7. The van der Waals surface area contributed by atoms with Crippen LogP contribution in [0.2, 0.25) is 0 Å². The number of carbonyl (C=O) groups excluding carboxylic acids is 1. The van der Waals surface area contributed by atoms with Crippen LogP contribution in [0.5, 0.6) is 0 Å². The largest absolute Gasteiger partial charge is 0.370 e. The lowest BCUT2D eigenvalue weighted by molar-refractivity contribution is -0.121. The summed E-state index contributed by atoms with van der Waals surface area (Å²) in [7, 11) is 0. The lowest BCUT2D eigenvalue weighted by Crippen LogP contribution is -2.23. The molecule has 0 aromatic carbocycles. The van der Waals surface area contributed by atoms with Crippen LogP contribution < -0.4 is 5.32 Å². The third-order valence-corrected chi connectivity index (χ3v) is 4.25. The summed E-state index contributed by atoms with van der Waals surface area (Å²) in [6.07, 6.45) is 7.42. The van der Waals surface area contributed by atoms with Crippen molar-refractivity contribution in [3.8, 4) is 0 Å². The van der Waals surface area contributed by atoms with Crippen molar-refractivity contribution in [3.63, 3.8) is 0 Å². The zero-order chi connectivity index (χ0) is 18.4. The molecule has 2 aromatic heterocycles. The molecule has 8 heteroatoms. The van der Waals surface area contributed by atoms with Crippen LogP contribution in [-0.4, -0.2) is 32.6 Å². The molecule has 1 amide bonds. The Balaban J connectivity index is 1.42. The number of nitrogens with one attached hydrogen (secondary N) is 1. The highest BCUT2D eigenvalue weighted by atomic mass is 16.5. The molecule has 0 bridgehead atoms. The van der Waals surface area contributed by atoms with Crippen molar-refractivity contribution < 1.29 is 14.1 Å². The van der Waals surface area contributed by atoms with E-state index in [1.807, 2.05) is 13.8 Å². The van der Waals surface area contributed by atoms with Crippen LogP contribution in [0, 0.1) is 0 Å². The molecule has 0 unspecified atom stereocenters. The van der Waals surface area contributed by atoms with Gasteiger partial charge in [0, 0.05) is 49.9 Å². The summed E-state index contributed by atoms with van der Waals surface area (Å²) < 4.78 is 10.8. The first kappa shape index (κ1) is 18.4. The fourth-order valence-electron chi connectivity index (χ4n) is 2.68. The van der Waals surface area contributed by atoms with Crippen molar-refractivity contribution in [1.29, 1.82) is 0 Å². The minimum atomic E-state index is -0.0750. The van der Waals surface area contributed by atoms with Crippen LogP contribution in [0.3, 0.4) is 0 Å². The molecule has 1 aliphatic rings. The molecule has 1 fully saturated rings. The van der Waals surface area contributed by atoms with Gasteiger partial charge in [-0.2, -0.15) is 4.98 Å². The Labute approximate surface area is 152 Å². The number of amides is 1. The highest BCUT2D eigenvalue weighted by Gasteiger charge is 2.18. The topological polar surface area (TPSA) is 103 Å². The number of aromatic nitrogens is 4. The summed E-state index contributed by atoms with van der Waals surface area (Å²) >= 11 is 0. The summed E-state index contributed by atoms with van der Waals surface area (Å²) in [5.74, 6) is 2.01. The Kier molecular flexibility index (Phi) is 6.27. The summed E-state index contributed by atoms with van der Waals surface area (Å²) in [5.41, 5.74) is 0.859. The normalized spacial score (nSPS) is 17.4. The van der Waals surface area contributed by atoms with Gasteiger partial charge in [-0.15, -0.1) is 0 Å². The Morgan fingerprint density at radius 1 is 1.31 bits per heavy atom. The van der Waals surface area contributed by atoms with E-state index in [0.717, 1.165) is 37.3 Å². The van der Waals surface area contributed by atoms with Gasteiger partial charge in [-0.1, -0.05) is 19.0 Å². The standard InChI is InChI=1S/C18H25N5O3/c1-12(2)17-22-16(26-23-17)7-6-15(24)19-9-13-10-20-18(21-11-13)14-5-3-4-8-25-14/h10-12,14H,3-9H2,1-2H3,(H,19,24)/t14-/m0/s1. The second kappa shape index (κ2) is 8.84. The minimum Gasteiger partial charge on any atom is -0.370 e. The van der Waals surface area contributed by atoms with E-state index < -0.39 is 0 Å². The summed E-state index contributed by atoms with van der Waals surface area (Å²) in [6.45, 7) is 5.15.